The average molecular weight is 370 g/mol. The summed E-state index contributed by atoms with van der Waals surface area (Å²) < 4.78 is 28.3. The van der Waals surface area contributed by atoms with Crippen molar-refractivity contribution < 1.29 is 47.6 Å². The van der Waals surface area contributed by atoms with Crippen LogP contribution in [0, 0.1) is 0 Å². The van der Waals surface area contributed by atoms with Crippen molar-refractivity contribution in [2.75, 3.05) is 26.4 Å². The van der Waals surface area contributed by atoms with E-state index in [4.69, 9.17) is 9.47 Å². The molecule has 2 rings (SSSR count). The Hall–Kier alpha value is -3.04. The normalized spacial score (nSPS) is 18.9. The zero-order valence-electron chi connectivity index (χ0n) is 13.9. The molecule has 2 aliphatic heterocycles. The van der Waals surface area contributed by atoms with E-state index >= 15 is 0 Å². The number of hydrogen-bond acceptors (Lipinski definition) is 10. The van der Waals surface area contributed by atoms with Crippen LogP contribution in [0.5, 0.6) is 0 Å². The first-order chi connectivity index (χ1) is 12.5. The van der Waals surface area contributed by atoms with Gasteiger partial charge in [-0.2, -0.15) is 0 Å². The summed E-state index contributed by atoms with van der Waals surface area (Å²) in [6.45, 7) is 0.0286. The smallest absolute Gasteiger partial charge is 0.461 e. The molecule has 2 fully saturated rings. The van der Waals surface area contributed by atoms with Crippen LogP contribution in [0.15, 0.2) is 23.7 Å². The molecule has 2 heterocycles. The molecule has 0 aromatic heterocycles. The monoisotopic (exact) mass is 370 g/mol. The second-order valence-electron chi connectivity index (χ2n) is 5.20. The van der Waals surface area contributed by atoms with Crippen LogP contribution in [0.2, 0.25) is 0 Å². The van der Waals surface area contributed by atoms with E-state index in [1.807, 2.05) is 0 Å². The van der Waals surface area contributed by atoms with Gasteiger partial charge in [-0.1, -0.05) is 0 Å². The third-order valence-corrected chi connectivity index (χ3v) is 3.22. The molecule has 0 aliphatic carbocycles. The molecule has 2 saturated heterocycles. The van der Waals surface area contributed by atoms with E-state index < -0.39 is 24.2 Å². The largest absolute Gasteiger partial charge is 0.514 e. The van der Waals surface area contributed by atoms with Gasteiger partial charge in [0.25, 0.3) is 0 Å². The number of esters is 2. The molecule has 0 atom stereocenters. The third kappa shape index (κ3) is 7.24. The van der Waals surface area contributed by atoms with Gasteiger partial charge in [0.05, 0.1) is 0 Å². The van der Waals surface area contributed by atoms with Crippen LogP contribution in [0.1, 0.15) is 25.7 Å². The van der Waals surface area contributed by atoms with Crippen LogP contribution < -0.4 is 0 Å². The summed E-state index contributed by atoms with van der Waals surface area (Å²) in [5, 5.41) is 0. The highest BCUT2D eigenvalue weighted by Gasteiger charge is 2.19. The maximum absolute atomic E-state index is 11.5. The molecular weight excluding hydrogens is 352 g/mol. The van der Waals surface area contributed by atoms with E-state index in [0.29, 0.717) is 24.4 Å². The zero-order chi connectivity index (χ0) is 18.8. The highest BCUT2D eigenvalue weighted by atomic mass is 16.8. The SMILES string of the molecule is O=C(CCCCC(=O)OC/C=C1/COC(=O)O1)OCC=C1COC(=O)O1. The van der Waals surface area contributed by atoms with Crippen molar-refractivity contribution >= 4 is 24.2 Å². The summed E-state index contributed by atoms with van der Waals surface area (Å²) in [6.07, 6.45) is 2.59. The lowest BCUT2D eigenvalue weighted by molar-refractivity contribution is -0.144. The summed E-state index contributed by atoms with van der Waals surface area (Å²) in [5.74, 6) is -0.236. The molecule has 0 aromatic carbocycles. The second-order valence-corrected chi connectivity index (χ2v) is 5.20. The van der Waals surface area contributed by atoms with Crippen molar-refractivity contribution in [2.24, 2.45) is 0 Å². The number of cyclic esters (lactones) is 4. The van der Waals surface area contributed by atoms with Gasteiger partial charge in [0.2, 0.25) is 0 Å². The van der Waals surface area contributed by atoms with E-state index in [1.165, 1.54) is 12.2 Å². The van der Waals surface area contributed by atoms with Gasteiger partial charge in [-0.25, -0.2) is 9.59 Å². The Morgan fingerprint density at radius 2 is 1.23 bits per heavy atom. The minimum Gasteiger partial charge on any atom is -0.461 e. The van der Waals surface area contributed by atoms with Gasteiger partial charge >= 0.3 is 24.2 Å². The first-order valence-corrected chi connectivity index (χ1v) is 7.91. The molecule has 0 bridgehead atoms. The molecule has 0 saturated carbocycles. The van der Waals surface area contributed by atoms with Crippen molar-refractivity contribution in [2.45, 2.75) is 25.7 Å². The Morgan fingerprint density at radius 1 is 0.808 bits per heavy atom. The predicted molar refractivity (Wildman–Crippen MR) is 81.4 cm³/mol. The zero-order valence-corrected chi connectivity index (χ0v) is 13.9. The van der Waals surface area contributed by atoms with Crippen molar-refractivity contribution in [1.29, 1.82) is 0 Å². The molecular formula is C16H18O10. The summed E-state index contributed by atoms with van der Waals surface area (Å²) in [6, 6.07) is 0. The maximum atomic E-state index is 11.5. The molecule has 0 amide bonds. The number of hydrogen-bond donors (Lipinski definition) is 0. The quantitative estimate of drug-likeness (QED) is 0.337. The number of unbranched alkanes of at least 4 members (excludes halogenated alkanes) is 1. The number of carbonyl (C=O) groups is 4. The van der Waals surface area contributed by atoms with E-state index in [1.54, 1.807) is 0 Å². The van der Waals surface area contributed by atoms with E-state index in [2.05, 4.69) is 18.9 Å². The number of ether oxygens (including phenoxy) is 6. The van der Waals surface area contributed by atoms with Gasteiger partial charge in [-0.05, 0) is 25.0 Å². The Labute approximate surface area is 148 Å². The molecule has 26 heavy (non-hydrogen) atoms. The fourth-order valence-electron chi connectivity index (χ4n) is 1.93. The van der Waals surface area contributed by atoms with E-state index in [-0.39, 0.29) is 39.3 Å². The minimum absolute atomic E-state index is 0.0181. The van der Waals surface area contributed by atoms with Crippen LogP contribution in [0.4, 0.5) is 9.59 Å². The first-order valence-electron chi connectivity index (χ1n) is 7.91. The van der Waals surface area contributed by atoms with Gasteiger partial charge < -0.3 is 28.4 Å². The van der Waals surface area contributed by atoms with Crippen molar-refractivity contribution in [1.82, 2.24) is 0 Å². The Morgan fingerprint density at radius 3 is 1.58 bits per heavy atom. The molecule has 142 valence electrons. The van der Waals surface area contributed by atoms with E-state index in [9.17, 15) is 19.2 Å². The van der Waals surface area contributed by atoms with Gasteiger partial charge in [0.1, 0.15) is 24.7 Å². The second kappa shape index (κ2) is 10.1. The number of carbonyl (C=O) groups excluding carboxylic acids is 4. The third-order valence-electron chi connectivity index (χ3n) is 3.22. The molecule has 10 nitrogen and oxygen atoms in total. The Kier molecular flexibility index (Phi) is 7.47. The highest BCUT2D eigenvalue weighted by Crippen LogP contribution is 2.10. The first kappa shape index (κ1) is 19.3. The standard InChI is InChI=1S/C16H18O10/c17-13(21-7-5-11-9-23-15(19)25-11)3-1-2-4-14(18)22-8-6-12-10-24-16(20)26-12/h5-6H,1-4,7-10H2/b11-5-,12-6?. The molecule has 0 N–H and O–H groups in total. The van der Waals surface area contributed by atoms with Crippen molar-refractivity contribution in [3.8, 4) is 0 Å². The minimum atomic E-state index is -0.775. The fourth-order valence-corrected chi connectivity index (χ4v) is 1.93. The Balaban J connectivity index is 1.47. The van der Waals surface area contributed by atoms with Gasteiger partial charge in [-0.15, -0.1) is 0 Å². The molecule has 0 aromatic rings. The van der Waals surface area contributed by atoms with Crippen molar-refractivity contribution in [3.63, 3.8) is 0 Å². The molecule has 0 spiro atoms. The van der Waals surface area contributed by atoms with Crippen LogP contribution in [-0.4, -0.2) is 50.7 Å². The van der Waals surface area contributed by atoms with Gasteiger partial charge in [-0.3, -0.25) is 9.59 Å². The van der Waals surface area contributed by atoms with Crippen LogP contribution in [-0.2, 0) is 38.0 Å². The molecule has 0 radical (unpaired) electrons. The fraction of sp³-hybridized carbons (Fsp3) is 0.500. The molecule has 0 unspecified atom stereocenters. The van der Waals surface area contributed by atoms with Gasteiger partial charge in [0.15, 0.2) is 13.2 Å². The highest BCUT2D eigenvalue weighted by molar-refractivity contribution is 5.71. The van der Waals surface area contributed by atoms with Crippen LogP contribution in [0.3, 0.4) is 0 Å². The number of rotatable bonds is 9. The lowest BCUT2D eigenvalue weighted by Crippen LogP contribution is -2.07. The summed E-state index contributed by atoms with van der Waals surface area (Å²) in [4.78, 5) is 44.3. The van der Waals surface area contributed by atoms with Crippen molar-refractivity contribution in [3.05, 3.63) is 23.7 Å². The lowest BCUT2D eigenvalue weighted by Gasteiger charge is -2.03. The summed E-state index contributed by atoms with van der Waals surface area (Å²) in [5.41, 5.74) is 0. The van der Waals surface area contributed by atoms with Crippen LogP contribution in [0.25, 0.3) is 0 Å². The molecule has 2 aliphatic rings. The maximum Gasteiger partial charge on any atom is 0.514 e. The van der Waals surface area contributed by atoms with Gasteiger partial charge in [0, 0.05) is 12.8 Å². The summed E-state index contributed by atoms with van der Waals surface area (Å²) >= 11 is 0. The topological polar surface area (TPSA) is 124 Å². The predicted octanol–water partition coefficient (Wildman–Crippen LogP) is 1.73. The summed E-state index contributed by atoms with van der Waals surface area (Å²) in [7, 11) is 0. The Bertz CT molecular complexity index is 565. The van der Waals surface area contributed by atoms with Crippen LogP contribution >= 0.6 is 0 Å². The van der Waals surface area contributed by atoms with E-state index in [0.717, 1.165) is 0 Å². The lowest BCUT2D eigenvalue weighted by atomic mass is 10.2. The average Bonchev–Trinajstić information content (AvgIpc) is 3.20. The molecule has 10 heteroatoms.